The van der Waals surface area contributed by atoms with Crippen molar-refractivity contribution in [3.63, 3.8) is 0 Å². The van der Waals surface area contributed by atoms with Crippen LogP contribution in [0.25, 0.3) is 0 Å². The molecule has 2 N–H and O–H groups in total. The quantitative estimate of drug-likeness (QED) is 0.845. The van der Waals surface area contributed by atoms with Crippen molar-refractivity contribution in [1.82, 2.24) is 0 Å². The fourth-order valence-corrected chi connectivity index (χ4v) is 2.57. The van der Waals surface area contributed by atoms with E-state index in [1.807, 2.05) is 11.8 Å². The molecular weight excluding hydrogens is 258 g/mol. The number of hydrogen-bond acceptors (Lipinski definition) is 2. The Balaban J connectivity index is 2.85. The van der Waals surface area contributed by atoms with Crippen LogP contribution in [0.4, 0.5) is 0 Å². The summed E-state index contributed by atoms with van der Waals surface area (Å²) in [6.07, 6.45) is 1.19. The summed E-state index contributed by atoms with van der Waals surface area (Å²) in [7, 11) is 0. The van der Waals surface area contributed by atoms with Crippen molar-refractivity contribution in [1.29, 1.82) is 0 Å². The SMILES string of the molecule is CCC(C)Sc1ccc(Br)cc1CN. The Morgan fingerprint density at radius 3 is 2.79 bits per heavy atom. The third kappa shape index (κ3) is 3.30. The first-order valence-electron chi connectivity index (χ1n) is 4.82. The molecule has 0 amide bonds. The molecule has 0 fully saturated rings. The summed E-state index contributed by atoms with van der Waals surface area (Å²) in [4.78, 5) is 1.31. The van der Waals surface area contributed by atoms with Crippen LogP contribution in [0.5, 0.6) is 0 Å². The number of halogens is 1. The molecule has 0 saturated carbocycles. The van der Waals surface area contributed by atoms with Crippen LogP contribution in [-0.2, 0) is 6.54 Å². The third-order valence-electron chi connectivity index (χ3n) is 2.15. The maximum atomic E-state index is 5.70. The smallest absolute Gasteiger partial charge is 0.0189 e. The highest BCUT2D eigenvalue weighted by Crippen LogP contribution is 2.29. The first kappa shape index (κ1) is 12.1. The van der Waals surface area contributed by atoms with Crippen LogP contribution >= 0.6 is 27.7 Å². The van der Waals surface area contributed by atoms with Crippen LogP contribution in [0.1, 0.15) is 25.8 Å². The van der Waals surface area contributed by atoms with E-state index in [0.29, 0.717) is 11.8 Å². The van der Waals surface area contributed by atoms with Crippen molar-refractivity contribution in [3.05, 3.63) is 28.2 Å². The van der Waals surface area contributed by atoms with Crippen molar-refractivity contribution >= 4 is 27.7 Å². The van der Waals surface area contributed by atoms with E-state index in [2.05, 4.69) is 48.0 Å². The Hall–Kier alpha value is 0.01000. The van der Waals surface area contributed by atoms with Crippen molar-refractivity contribution < 1.29 is 0 Å². The Bertz CT molecular complexity index is 301. The lowest BCUT2D eigenvalue weighted by Gasteiger charge is -2.12. The summed E-state index contributed by atoms with van der Waals surface area (Å²) < 4.78 is 1.10. The van der Waals surface area contributed by atoms with Gasteiger partial charge in [-0.05, 0) is 30.2 Å². The second-order valence-corrected chi connectivity index (χ2v) is 5.69. The number of hydrogen-bond donors (Lipinski definition) is 1. The van der Waals surface area contributed by atoms with Gasteiger partial charge in [0.05, 0.1) is 0 Å². The molecule has 0 aromatic heterocycles. The van der Waals surface area contributed by atoms with Gasteiger partial charge in [0.1, 0.15) is 0 Å². The topological polar surface area (TPSA) is 26.0 Å². The van der Waals surface area contributed by atoms with E-state index >= 15 is 0 Å². The van der Waals surface area contributed by atoms with E-state index in [9.17, 15) is 0 Å². The highest BCUT2D eigenvalue weighted by Gasteiger charge is 2.06. The van der Waals surface area contributed by atoms with Crippen molar-refractivity contribution in [2.24, 2.45) is 5.73 Å². The summed E-state index contributed by atoms with van der Waals surface area (Å²) >= 11 is 5.36. The number of thioether (sulfide) groups is 1. The van der Waals surface area contributed by atoms with Crippen LogP contribution in [0, 0.1) is 0 Å². The van der Waals surface area contributed by atoms with E-state index < -0.39 is 0 Å². The van der Waals surface area contributed by atoms with Gasteiger partial charge in [-0.25, -0.2) is 0 Å². The zero-order chi connectivity index (χ0) is 10.6. The lowest BCUT2D eigenvalue weighted by molar-refractivity contribution is 0.902. The normalized spacial score (nSPS) is 12.9. The van der Waals surface area contributed by atoms with Crippen molar-refractivity contribution in [2.45, 2.75) is 37.0 Å². The summed E-state index contributed by atoms with van der Waals surface area (Å²) in [6.45, 7) is 5.06. The summed E-state index contributed by atoms with van der Waals surface area (Å²) in [5.41, 5.74) is 6.93. The molecule has 1 aromatic rings. The van der Waals surface area contributed by atoms with Crippen LogP contribution < -0.4 is 5.73 Å². The van der Waals surface area contributed by atoms with Gasteiger partial charge in [-0.2, -0.15) is 0 Å². The molecule has 1 rings (SSSR count). The molecule has 0 saturated heterocycles. The van der Waals surface area contributed by atoms with Crippen LogP contribution in [0.3, 0.4) is 0 Å². The number of nitrogens with two attached hydrogens (primary N) is 1. The fraction of sp³-hybridized carbons (Fsp3) is 0.455. The van der Waals surface area contributed by atoms with E-state index in [1.165, 1.54) is 16.9 Å². The predicted octanol–water partition coefficient (Wildman–Crippen LogP) is 3.80. The van der Waals surface area contributed by atoms with Crippen molar-refractivity contribution in [3.8, 4) is 0 Å². The number of rotatable bonds is 4. The van der Waals surface area contributed by atoms with E-state index in [4.69, 9.17) is 5.73 Å². The average Bonchev–Trinajstić information content (AvgIpc) is 2.20. The van der Waals surface area contributed by atoms with Gasteiger partial charge in [-0.3, -0.25) is 0 Å². The maximum Gasteiger partial charge on any atom is 0.0189 e. The minimum atomic E-state index is 0.609. The average molecular weight is 274 g/mol. The Labute approximate surface area is 98.6 Å². The first-order valence-corrected chi connectivity index (χ1v) is 6.49. The van der Waals surface area contributed by atoms with Gasteiger partial charge >= 0.3 is 0 Å². The molecule has 0 bridgehead atoms. The van der Waals surface area contributed by atoms with Crippen LogP contribution in [-0.4, -0.2) is 5.25 Å². The third-order valence-corrected chi connectivity index (χ3v) is 4.03. The van der Waals surface area contributed by atoms with Gasteiger partial charge in [0.2, 0.25) is 0 Å². The van der Waals surface area contributed by atoms with Gasteiger partial charge in [0.25, 0.3) is 0 Å². The molecule has 1 nitrogen and oxygen atoms in total. The molecular formula is C11H16BrNS. The molecule has 1 aromatic carbocycles. The summed E-state index contributed by atoms with van der Waals surface area (Å²) in [5, 5.41) is 0.654. The second-order valence-electron chi connectivity index (χ2n) is 3.29. The highest BCUT2D eigenvalue weighted by atomic mass is 79.9. The molecule has 78 valence electrons. The van der Waals surface area contributed by atoms with E-state index in [0.717, 1.165) is 4.47 Å². The van der Waals surface area contributed by atoms with Gasteiger partial charge in [-0.1, -0.05) is 29.8 Å². The van der Waals surface area contributed by atoms with E-state index in [-0.39, 0.29) is 0 Å². The first-order chi connectivity index (χ1) is 6.67. The minimum absolute atomic E-state index is 0.609. The molecule has 1 unspecified atom stereocenters. The van der Waals surface area contributed by atoms with Crippen LogP contribution in [0.2, 0.25) is 0 Å². The molecule has 0 radical (unpaired) electrons. The molecule has 3 heteroatoms. The van der Waals surface area contributed by atoms with Gasteiger partial charge in [0, 0.05) is 21.2 Å². The second kappa shape index (κ2) is 5.79. The predicted molar refractivity (Wildman–Crippen MR) is 67.6 cm³/mol. The van der Waals surface area contributed by atoms with Crippen LogP contribution in [0.15, 0.2) is 27.6 Å². The lowest BCUT2D eigenvalue weighted by Crippen LogP contribution is -2.00. The molecule has 0 aliphatic heterocycles. The van der Waals surface area contributed by atoms with Gasteiger partial charge < -0.3 is 5.73 Å². The monoisotopic (exact) mass is 273 g/mol. The minimum Gasteiger partial charge on any atom is -0.326 e. The van der Waals surface area contributed by atoms with Gasteiger partial charge in [0.15, 0.2) is 0 Å². The molecule has 1 atom stereocenters. The zero-order valence-corrected chi connectivity index (χ0v) is 11.0. The fourth-order valence-electron chi connectivity index (χ4n) is 1.12. The Kier molecular flexibility index (Phi) is 4.99. The largest absolute Gasteiger partial charge is 0.326 e. The Morgan fingerprint density at radius 1 is 1.50 bits per heavy atom. The summed E-state index contributed by atoms with van der Waals surface area (Å²) in [5.74, 6) is 0. The lowest BCUT2D eigenvalue weighted by atomic mass is 10.2. The molecule has 0 aliphatic rings. The standard InChI is InChI=1S/C11H16BrNS/c1-3-8(2)14-11-5-4-10(12)6-9(11)7-13/h4-6,8H,3,7,13H2,1-2H3. The summed E-state index contributed by atoms with van der Waals surface area (Å²) in [6, 6.07) is 6.32. The Morgan fingerprint density at radius 2 is 2.21 bits per heavy atom. The molecule has 0 spiro atoms. The highest BCUT2D eigenvalue weighted by molar-refractivity contribution is 9.10. The number of benzene rings is 1. The molecule has 0 aliphatic carbocycles. The zero-order valence-electron chi connectivity index (χ0n) is 8.59. The van der Waals surface area contributed by atoms with Gasteiger partial charge in [-0.15, -0.1) is 11.8 Å². The molecule has 0 heterocycles. The van der Waals surface area contributed by atoms with Crippen molar-refractivity contribution in [2.75, 3.05) is 0 Å². The molecule has 14 heavy (non-hydrogen) atoms. The van der Waals surface area contributed by atoms with E-state index in [1.54, 1.807) is 0 Å². The maximum absolute atomic E-state index is 5.70.